The molecule has 1 aliphatic rings. The fourth-order valence-electron chi connectivity index (χ4n) is 1.73. The Morgan fingerprint density at radius 3 is 2.62 bits per heavy atom. The lowest BCUT2D eigenvalue weighted by molar-refractivity contribution is 0.403. The molecule has 1 aromatic heterocycles. The van der Waals surface area contributed by atoms with Crippen molar-refractivity contribution in [1.82, 2.24) is 15.5 Å². The average molecular weight is 245 g/mol. The topological polar surface area (TPSA) is 85.1 Å². The third-order valence-electron chi connectivity index (χ3n) is 2.66. The van der Waals surface area contributed by atoms with Crippen molar-refractivity contribution in [2.75, 3.05) is 11.5 Å². The predicted molar refractivity (Wildman–Crippen MR) is 57.6 cm³/mol. The number of aryl methyl sites for hydroxylation is 1. The molecule has 0 aromatic carbocycles. The van der Waals surface area contributed by atoms with E-state index in [1.807, 2.05) is 0 Å². The van der Waals surface area contributed by atoms with Gasteiger partial charge >= 0.3 is 0 Å². The predicted octanol–water partition coefficient (Wildman–Crippen LogP) is 0.0448. The molecule has 1 aliphatic heterocycles. The summed E-state index contributed by atoms with van der Waals surface area (Å²) in [5.74, 6) is 1.63. The number of sulfone groups is 1. The van der Waals surface area contributed by atoms with E-state index in [0.717, 1.165) is 0 Å². The maximum atomic E-state index is 11.2. The Morgan fingerprint density at radius 2 is 2.06 bits per heavy atom. The van der Waals surface area contributed by atoms with E-state index in [4.69, 9.17) is 4.42 Å². The quantitative estimate of drug-likeness (QED) is 0.809. The molecular weight excluding hydrogens is 230 g/mol. The van der Waals surface area contributed by atoms with Crippen LogP contribution in [0.15, 0.2) is 4.42 Å². The second kappa shape index (κ2) is 4.50. The zero-order valence-corrected chi connectivity index (χ0v) is 9.96. The molecule has 2 rings (SSSR count). The van der Waals surface area contributed by atoms with E-state index in [0.29, 0.717) is 31.2 Å². The zero-order chi connectivity index (χ0) is 11.6. The lowest BCUT2D eigenvalue weighted by Crippen LogP contribution is -2.37. The van der Waals surface area contributed by atoms with Gasteiger partial charge in [-0.3, -0.25) is 0 Å². The van der Waals surface area contributed by atoms with Gasteiger partial charge in [-0.05, 0) is 12.8 Å². The minimum atomic E-state index is -2.79. The van der Waals surface area contributed by atoms with Crippen molar-refractivity contribution in [1.29, 1.82) is 0 Å². The first-order valence-corrected chi connectivity index (χ1v) is 7.10. The van der Waals surface area contributed by atoms with E-state index >= 15 is 0 Å². The summed E-state index contributed by atoms with van der Waals surface area (Å²) in [6.45, 7) is 2.25. The van der Waals surface area contributed by atoms with Crippen LogP contribution in [0.3, 0.4) is 0 Å². The van der Waals surface area contributed by atoms with Crippen LogP contribution in [0.2, 0.25) is 0 Å². The SMILES string of the molecule is Cc1nnc(CNC2CCS(=O)(=O)CC2)o1. The third kappa shape index (κ3) is 3.02. The summed E-state index contributed by atoms with van der Waals surface area (Å²) in [6, 6.07) is 0.232. The van der Waals surface area contributed by atoms with E-state index in [1.165, 1.54) is 0 Å². The van der Waals surface area contributed by atoms with Crippen molar-refractivity contribution >= 4 is 9.84 Å². The van der Waals surface area contributed by atoms with Gasteiger partial charge in [0, 0.05) is 13.0 Å². The smallest absolute Gasteiger partial charge is 0.230 e. The second-order valence-electron chi connectivity index (χ2n) is 4.02. The molecule has 16 heavy (non-hydrogen) atoms. The fourth-order valence-corrected chi connectivity index (χ4v) is 3.23. The van der Waals surface area contributed by atoms with Crippen LogP contribution >= 0.6 is 0 Å². The Labute approximate surface area is 94.4 Å². The van der Waals surface area contributed by atoms with E-state index in [9.17, 15) is 8.42 Å². The number of hydrogen-bond acceptors (Lipinski definition) is 6. The highest BCUT2D eigenvalue weighted by Gasteiger charge is 2.23. The van der Waals surface area contributed by atoms with Crippen LogP contribution in [0.4, 0.5) is 0 Å². The summed E-state index contributed by atoms with van der Waals surface area (Å²) >= 11 is 0. The summed E-state index contributed by atoms with van der Waals surface area (Å²) in [6.07, 6.45) is 1.32. The maximum absolute atomic E-state index is 11.2. The van der Waals surface area contributed by atoms with Gasteiger partial charge in [-0.15, -0.1) is 10.2 Å². The molecule has 7 heteroatoms. The van der Waals surface area contributed by atoms with Crippen LogP contribution in [-0.2, 0) is 16.4 Å². The van der Waals surface area contributed by atoms with Gasteiger partial charge in [0.15, 0.2) is 0 Å². The molecular formula is C9H15N3O3S. The van der Waals surface area contributed by atoms with E-state index in [2.05, 4.69) is 15.5 Å². The van der Waals surface area contributed by atoms with Crippen LogP contribution in [0.25, 0.3) is 0 Å². The van der Waals surface area contributed by atoms with Crippen molar-refractivity contribution in [3.8, 4) is 0 Å². The highest BCUT2D eigenvalue weighted by atomic mass is 32.2. The molecule has 0 amide bonds. The molecule has 1 fully saturated rings. The standard InChI is InChI=1S/C9H15N3O3S/c1-7-11-12-9(15-7)6-10-8-2-4-16(13,14)5-3-8/h8,10H,2-6H2,1H3. The molecule has 0 saturated carbocycles. The average Bonchev–Trinajstić information content (AvgIpc) is 2.63. The fraction of sp³-hybridized carbons (Fsp3) is 0.778. The normalized spacial score (nSPS) is 21.1. The second-order valence-corrected chi connectivity index (χ2v) is 6.33. The Hall–Kier alpha value is -0.950. The molecule has 90 valence electrons. The van der Waals surface area contributed by atoms with Crippen molar-refractivity contribution < 1.29 is 12.8 Å². The van der Waals surface area contributed by atoms with Gasteiger partial charge in [-0.25, -0.2) is 8.42 Å². The Kier molecular flexibility index (Phi) is 3.25. The Morgan fingerprint density at radius 1 is 1.38 bits per heavy atom. The first kappa shape index (κ1) is 11.5. The summed E-state index contributed by atoms with van der Waals surface area (Å²) in [4.78, 5) is 0. The van der Waals surface area contributed by atoms with Crippen LogP contribution in [-0.4, -0.2) is 36.2 Å². The van der Waals surface area contributed by atoms with Gasteiger partial charge in [-0.1, -0.05) is 0 Å². The lowest BCUT2D eigenvalue weighted by Gasteiger charge is -2.22. The van der Waals surface area contributed by atoms with Crippen molar-refractivity contribution in [3.63, 3.8) is 0 Å². The number of nitrogens with zero attached hydrogens (tertiary/aromatic N) is 2. The Bertz CT molecular complexity index is 440. The molecule has 0 unspecified atom stereocenters. The van der Waals surface area contributed by atoms with Crippen molar-refractivity contribution in [2.24, 2.45) is 0 Å². The van der Waals surface area contributed by atoms with Crippen LogP contribution < -0.4 is 5.32 Å². The van der Waals surface area contributed by atoms with Crippen molar-refractivity contribution in [2.45, 2.75) is 32.4 Å². The number of nitrogens with one attached hydrogen (secondary N) is 1. The van der Waals surface area contributed by atoms with Gasteiger partial charge in [0.2, 0.25) is 11.8 Å². The number of rotatable bonds is 3. The lowest BCUT2D eigenvalue weighted by atomic mass is 10.1. The van der Waals surface area contributed by atoms with Gasteiger partial charge < -0.3 is 9.73 Å². The summed E-state index contributed by atoms with van der Waals surface area (Å²) in [5, 5.41) is 10.8. The molecule has 1 N–H and O–H groups in total. The molecule has 1 saturated heterocycles. The molecule has 2 heterocycles. The number of hydrogen-bond donors (Lipinski definition) is 1. The third-order valence-corrected chi connectivity index (χ3v) is 4.38. The molecule has 0 spiro atoms. The molecule has 0 bridgehead atoms. The molecule has 6 nitrogen and oxygen atoms in total. The number of aromatic nitrogens is 2. The Balaban J connectivity index is 1.80. The van der Waals surface area contributed by atoms with Crippen LogP contribution in [0, 0.1) is 6.92 Å². The van der Waals surface area contributed by atoms with E-state index in [-0.39, 0.29) is 17.5 Å². The highest BCUT2D eigenvalue weighted by Crippen LogP contribution is 2.12. The zero-order valence-electron chi connectivity index (χ0n) is 9.14. The van der Waals surface area contributed by atoms with Gasteiger partial charge in [0.1, 0.15) is 9.84 Å². The molecule has 0 aliphatic carbocycles. The van der Waals surface area contributed by atoms with Gasteiger partial charge in [0.25, 0.3) is 0 Å². The summed E-state index contributed by atoms with van der Waals surface area (Å²) in [5.41, 5.74) is 0. The van der Waals surface area contributed by atoms with E-state index < -0.39 is 9.84 Å². The first-order chi connectivity index (χ1) is 7.55. The van der Waals surface area contributed by atoms with Crippen LogP contribution in [0.1, 0.15) is 24.6 Å². The van der Waals surface area contributed by atoms with Gasteiger partial charge in [0.05, 0.1) is 18.1 Å². The molecule has 0 radical (unpaired) electrons. The molecule has 0 atom stereocenters. The minimum Gasteiger partial charge on any atom is -0.424 e. The monoisotopic (exact) mass is 245 g/mol. The molecule has 1 aromatic rings. The van der Waals surface area contributed by atoms with Crippen LogP contribution in [0.5, 0.6) is 0 Å². The van der Waals surface area contributed by atoms with E-state index in [1.54, 1.807) is 6.92 Å². The summed E-state index contributed by atoms with van der Waals surface area (Å²) < 4.78 is 27.6. The van der Waals surface area contributed by atoms with Gasteiger partial charge in [-0.2, -0.15) is 0 Å². The van der Waals surface area contributed by atoms with Crippen molar-refractivity contribution in [3.05, 3.63) is 11.8 Å². The largest absolute Gasteiger partial charge is 0.424 e. The minimum absolute atomic E-state index is 0.232. The first-order valence-electron chi connectivity index (χ1n) is 5.28. The maximum Gasteiger partial charge on any atom is 0.230 e. The highest BCUT2D eigenvalue weighted by molar-refractivity contribution is 7.91. The summed E-state index contributed by atoms with van der Waals surface area (Å²) in [7, 11) is -2.79.